The van der Waals surface area contributed by atoms with Gasteiger partial charge in [0.15, 0.2) is 12.4 Å². The lowest BCUT2D eigenvalue weighted by atomic mass is 10.0. The van der Waals surface area contributed by atoms with Crippen LogP contribution in [0.3, 0.4) is 0 Å². The second kappa shape index (κ2) is 61.8. The van der Waals surface area contributed by atoms with Crippen LogP contribution in [0.1, 0.15) is 348 Å². The summed E-state index contributed by atoms with van der Waals surface area (Å²) in [5.41, 5.74) is 0. The minimum Gasteiger partial charge on any atom is -0.545 e. The highest BCUT2D eigenvalue weighted by Crippen LogP contribution is 2.19. The molecule has 0 aromatic rings. The topological polar surface area (TPSA) is 111 Å². The van der Waals surface area contributed by atoms with Crippen LogP contribution in [0, 0.1) is 0 Å². The van der Waals surface area contributed by atoms with E-state index in [9.17, 15) is 19.5 Å². The number of esters is 2. The van der Waals surface area contributed by atoms with Crippen molar-refractivity contribution in [1.29, 1.82) is 0 Å². The second-order valence-corrected chi connectivity index (χ2v) is 24.8. The number of carbonyl (C=O) groups excluding carboxylic acids is 3. The number of aliphatic carboxylic acids is 1. The Morgan fingerprint density at radius 2 is 0.684 bits per heavy atom. The molecule has 0 amide bonds. The predicted octanol–water partition coefficient (Wildman–Crippen LogP) is 19.7. The van der Waals surface area contributed by atoms with Crippen molar-refractivity contribution in [2.24, 2.45) is 0 Å². The molecule has 0 N–H and O–H groups in total. The Labute approximate surface area is 490 Å². The lowest BCUT2D eigenvalue weighted by molar-refractivity contribution is -0.870. The number of carbonyl (C=O) groups is 3. The molecule has 0 heterocycles. The van der Waals surface area contributed by atoms with Crippen LogP contribution in [0.4, 0.5) is 0 Å². The van der Waals surface area contributed by atoms with Crippen LogP contribution in [-0.4, -0.2) is 82.3 Å². The monoisotopic (exact) mass is 1120 g/mol. The molecule has 0 aliphatic heterocycles. The molecule has 0 bridgehead atoms. The number of quaternary nitrogens is 1. The zero-order valence-corrected chi connectivity index (χ0v) is 53.3. The van der Waals surface area contributed by atoms with Gasteiger partial charge in [0.05, 0.1) is 40.3 Å². The molecule has 9 nitrogen and oxygen atoms in total. The molecule has 0 aliphatic rings. The fourth-order valence-electron chi connectivity index (χ4n) is 10.4. The molecule has 466 valence electrons. The first-order valence-electron chi connectivity index (χ1n) is 34.5. The summed E-state index contributed by atoms with van der Waals surface area (Å²) in [6.45, 7) is 4.81. The number of carboxylic acid groups (broad SMARTS) is 1. The van der Waals surface area contributed by atoms with E-state index in [2.05, 4.69) is 38.2 Å². The summed E-state index contributed by atoms with van der Waals surface area (Å²) < 4.78 is 22.8. The molecule has 0 fully saturated rings. The molecule has 9 heteroatoms. The Bertz CT molecular complexity index is 1340. The first-order valence-corrected chi connectivity index (χ1v) is 34.5. The zero-order chi connectivity index (χ0) is 57.6. The van der Waals surface area contributed by atoms with Gasteiger partial charge in [-0.3, -0.25) is 9.59 Å². The van der Waals surface area contributed by atoms with Crippen LogP contribution in [0.5, 0.6) is 0 Å². The Kier molecular flexibility index (Phi) is 60.1. The summed E-state index contributed by atoms with van der Waals surface area (Å²) >= 11 is 0. The number of hydrogen-bond acceptors (Lipinski definition) is 8. The van der Waals surface area contributed by atoms with E-state index in [1.54, 1.807) is 0 Å². The van der Waals surface area contributed by atoms with Gasteiger partial charge in [-0.05, 0) is 44.9 Å². The Balaban J connectivity index is 4.08. The smallest absolute Gasteiger partial charge is 0.306 e. The maximum atomic E-state index is 12.9. The van der Waals surface area contributed by atoms with Crippen molar-refractivity contribution in [2.75, 3.05) is 47.5 Å². The number of rotatable bonds is 65. The van der Waals surface area contributed by atoms with Crippen molar-refractivity contribution in [3.05, 3.63) is 24.3 Å². The fraction of sp³-hybridized carbons (Fsp3) is 0.900. The van der Waals surface area contributed by atoms with E-state index in [-0.39, 0.29) is 32.2 Å². The van der Waals surface area contributed by atoms with Crippen molar-refractivity contribution in [2.45, 2.75) is 360 Å². The molecule has 0 rings (SSSR count). The molecule has 0 aliphatic carbocycles. The number of nitrogens with zero attached hydrogens (tertiary/aromatic N) is 1. The molecule has 79 heavy (non-hydrogen) atoms. The van der Waals surface area contributed by atoms with Crippen LogP contribution in [0.15, 0.2) is 24.3 Å². The van der Waals surface area contributed by atoms with Crippen molar-refractivity contribution < 1.29 is 42.9 Å². The summed E-state index contributed by atoms with van der Waals surface area (Å²) in [6.07, 6.45) is 72.6. The third kappa shape index (κ3) is 63.2. The van der Waals surface area contributed by atoms with Crippen molar-refractivity contribution in [1.82, 2.24) is 0 Å². The van der Waals surface area contributed by atoms with Gasteiger partial charge in [0.2, 0.25) is 0 Å². The Morgan fingerprint density at radius 1 is 0.380 bits per heavy atom. The van der Waals surface area contributed by atoms with Crippen LogP contribution in [-0.2, 0) is 33.3 Å². The normalized spacial score (nSPS) is 12.8. The van der Waals surface area contributed by atoms with Gasteiger partial charge in [0.25, 0.3) is 0 Å². The van der Waals surface area contributed by atoms with Crippen molar-refractivity contribution in [3.8, 4) is 0 Å². The standard InChI is InChI=1S/C70H133NO8/c1-6-8-10-12-14-16-18-20-22-24-26-28-30-32-33-34-35-37-39-41-43-45-47-49-51-53-55-57-59-61-68(73)79-66(65-78-70(69(74)75)76-63-62-71(3,4)5)64-77-67(72)60-58-56-54-52-50-48-46-44-42-40-38-36-31-29-27-25-23-21-19-17-15-13-11-9-7-2/h18,20,24,26,66,70H,6-17,19,21-23,25,27-65H2,1-5H3/b20-18-,26-24-. The molecule has 0 aromatic heterocycles. The van der Waals surface area contributed by atoms with Gasteiger partial charge in [0, 0.05) is 12.8 Å². The summed E-state index contributed by atoms with van der Waals surface area (Å²) in [6, 6.07) is 0. The van der Waals surface area contributed by atoms with Gasteiger partial charge in [-0.25, -0.2) is 0 Å². The van der Waals surface area contributed by atoms with E-state index in [4.69, 9.17) is 18.9 Å². The van der Waals surface area contributed by atoms with E-state index in [0.29, 0.717) is 17.4 Å². The first-order chi connectivity index (χ1) is 38.6. The molecular weight excluding hydrogens is 983 g/mol. The summed E-state index contributed by atoms with van der Waals surface area (Å²) in [4.78, 5) is 37.5. The lowest BCUT2D eigenvalue weighted by Crippen LogP contribution is -2.44. The van der Waals surface area contributed by atoms with E-state index in [1.807, 2.05) is 21.1 Å². The van der Waals surface area contributed by atoms with E-state index >= 15 is 0 Å². The number of unbranched alkanes of at least 4 members (excludes halogenated alkanes) is 46. The Morgan fingerprint density at radius 3 is 1.00 bits per heavy atom. The van der Waals surface area contributed by atoms with Gasteiger partial charge in [-0.15, -0.1) is 0 Å². The molecule has 0 aromatic carbocycles. The minimum atomic E-state index is -1.62. The molecule has 0 radical (unpaired) electrons. The fourth-order valence-corrected chi connectivity index (χ4v) is 10.4. The number of carboxylic acids is 1. The third-order valence-electron chi connectivity index (χ3n) is 15.7. The minimum absolute atomic E-state index is 0.151. The van der Waals surface area contributed by atoms with Gasteiger partial charge < -0.3 is 33.3 Å². The maximum Gasteiger partial charge on any atom is 0.306 e. The van der Waals surface area contributed by atoms with Crippen LogP contribution in [0.25, 0.3) is 0 Å². The number of allylic oxidation sites excluding steroid dienone is 4. The SMILES string of the molecule is CCCCCCC/C=C\C/C=C\CCCCCCCCCCCCCCCCCCCC(=O)OC(COC(=O)CCCCCCCCCCCCCCCCCCCCCCCCCCC)COC(OCC[N+](C)(C)C)C(=O)[O-]. The molecule has 2 unspecified atom stereocenters. The van der Waals surface area contributed by atoms with Gasteiger partial charge in [-0.2, -0.15) is 0 Å². The highest BCUT2D eigenvalue weighted by Gasteiger charge is 2.22. The molecule has 2 atom stereocenters. The van der Waals surface area contributed by atoms with Gasteiger partial charge in [0.1, 0.15) is 13.2 Å². The summed E-state index contributed by atoms with van der Waals surface area (Å²) in [5.74, 6) is -2.25. The molecule has 0 saturated carbocycles. The predicted molar refractivity (Wildman–Crippen MR) is 334 cm³/mol. The van der Waals surface area contributed by atoms with Crippen LogP contribution in [0.2, 0.25) is 0 Å². The van der Waals surface area contributed by atoms with E-state index in [0.717, 1.165) is 44.9 Å². The highest BCUT2D eigenvalue weighted by atomic mass is 16.7. The van der Waals surface area contributed by atoms with E-state index in [1.165, 1.54) is 276 Å². The lowest BCUT2D eigenvalue weighted by Gasteiger charge is -2.26. The van der Waals surface area contributed by atoms with Crippen LogP contribution >= 0.6 is 0 Å². The average Bonchev–Trinajstić information content (AvgIpc) is 3.42. The maximum absolute atomic E-state index is 12.9. The second-order valence-electron chi connectivity index (χ2n) is 24.8. The molecule has 0 saturated heterocycles. The average molecular weight is 1120 g/mol. The van der Waals surface area contributed by atoms with E-state index < -0.39 is 24.3 Å². The number of ether oxygens (including phenoxy) is 4. The van der Waals surface area contributed by atoms with Crippen molar-refractivity contribution >= 4 is 17.9 Å². The highest BCUT2D eigenvalue weighted by molar-refractivity contribution is 5.70. The summed E-state index contributed by atoms with van der Waals surface area (Å²) in [5, 5.41) is 11.8. The van der Waals surface area contributed by atoms with Gasteiger partial charge >= 0.3 is 11.9 Å². The molecule has 0 spiro atoms. The quantitative estimate of drug-likeness (QED) is 0.0195. The zero-order valence-electron chi connectivity index (χ0n) is 53.3. The largest absolute Gasteiger partial charge is 0.545 e. The van der Waals surface area contributed by atoms with Crippen molar-refractivity contribution in [3.63, 3.8) is 0 Å². The summed E-state index contributed by atoms with van der Waals surface area (Å²) in [7, 11) is 5.94. The Hall–Kier alpha value is -2.23. The van der Waals surface area contributed by atoms with Gasteiger partial charge in [-0.1, -0.05) is 314 Å². The third-order valence-corrected chi connectivity index (χ3v) is 15.7. The number of hydrogen-bond donors (Lipinski definition) is 0. The van der Waals surface area contributed by atoms with Crippen LogP contribution < -0.4 is 5.11 Å². The molecular formula is C70H133NO8. The number of likely N-dealkylation sites (N-methyl/N-ethyl adjacent to an activating group) is 1. The first kappa shape index (κ1) is 76.8.